The molecule has 5 heteroatoms. The third-order valence-electron chi connectivity index (χ3n) is 2.20. The molecule has 0 aliphatic carbocycles. The summed E-state index contributed by atoms with van der Waals surface area (Å²) in [7, 11) is 1.74. The Morgan fingerprint density at radius 2 is 2.13 bits per heavy atom. The predicted molar refractivity (Wildman–Crippen MR) is 62.1 cm³/mol. The van der Waals surface area contributed by atoms with Gasteiger partial charge in [-0.1, -0.05) is 6.92 Å². The van der Waals surface area contributed by atoms with Gasteiger partial charge in [0.05, 0.1) is 6.10 Å². The van der Waals surface area contributed by atoms with E-state index in [1.807, 2.05) is 0 Å². The molecule has 0 fully saturated rings. The van der Waals surface area contributed by atoms with Crippen LogP contribution in [0.2, 0.25) is 0 Å². The SMILES string of the molecule is CCNCc1nnc(CCC(C)OC)s1. The van der Waals surface area contributed by atoms with E-state index in [9.17, 15) is 0 Å². The Morgan fingerprint density at radius 3 is 2.80 bits per heavy atom. The van der Waals surface area contributed by atoms with Crippen LogP contribution in [-0.2, 0) is 17.7 Å². The van der Waals surface area contributed by atoms with Gasteiger partial charge >= 0.3 is 0 Å². The van der Waals surface area contributed by atoms with E-state index in [1.54, 1.807) is 18.4 Å². The molecule has 1 aromatic rings. The minimum atomic E-state index is 0.297. The van der Waals surface area contributed by atoms with Gasteiger partial charge in [-0.3, -0.25) is 0 Å². The second-order valence-corrected chi connectivity index (χ2v) is 4.60. The summed E-state index contributed by atoms with van der Waals surface area (Å²) >= 11 is 1.69. The Labute approximate surface area is 95.1 Å². The number of hydrogen-bond acceptors (Lipinski definition) is 5. The highest BCUT2D eigenvalue weighted by molar-refractivity contribution is 7.11. The Bertz CT molecular complexity index is 277. The molecule has 0 aromatic carbocycles. The molecule has 1 heterocycles. The number of nitrogens with zero attached hydrogens (tertiary/aromatic N) is 2. The molecular weight excluding hydrogens is 210 g/mol. The zero-order valence-electron chi connectivity index (χ0n) is 9.62. The largest absolute Gasteiger partial charge is 0.382 e. The predicted octanol–water partition coefficient (Wildman–Crippen LogP) is 1.62. The second-order valence-electron chi connectivity index (χ2n) is 3.45. The molecular formula is C10H19N3OS. The highest BCUT2D eigenvalue weighted by Gasteiger charge is 2.06. The maximum absolute atomic E-state index is 5.19. The first-order valence-corrected chi connectivity index (χ1v) is 6.12. The normalized spacial score (nSPS) is 13.0. The van der Waals surface area contributed by atoms with Crippen molar-refractivity contribution in [2.24, 2.45) is 0 Å². The molecule has 0 saturated carbocycles. The van der Waals surface area contributed by atoms with Gasteiger partial charge in [-0.25, -0.2) is 0 Å². The molecule has 0 bridgehead atoms. The summed E-state index contributed by atoms with van der Waals surface area (Å²) < 4.78 is 5.19. The highest BCUT2D eigenvalue weighted by atomic mass is 32.1. The molecule has 0 spiro atoms. The molecule has 1 atom stereocenters. The molecule has 0 amide bonds. The van der Waals surface area contributed by atoms with Crippen molar-refractivity contribution in [1.82, 2.24) is 15.5 Å². The molecule has 0 aliphatic rings. The van der Waals surface area contributed by atoms with Crippen molar-refractivity contribution >= 4 is 11.3 Å². The van der Waals surface area contributed by atoms with Gasteiger partial charge in [0, 0.05) is 20.1 Å². The van der Waals surface area contributed by atoms with Crippen LogP contribution >= 0.6 is 11.3 Å². The van der Waals surface area contributed by atoms with E-state index >= 15 is 0 Å². The lowest BCUT2D eigenvalue weighted by atomic mass is 10.2. The van der Waals surface area contributed by atoms with Gasteiger partial charge in [0.25, 0.3) is 0 Å². The van der Waals surface area contributed by atoms with E-state index in [-0.39, 0.29) is 0 Å². The average molecular weight is 229 g/mol. The quantitative estimate of drug-likeness (QED) is 0.771. The first-order valence-electron chi connectivity index (χ1n) is 5.31. The molecule has 4 nitrogen and oxygen atoms in total. The molecule has 15 heavy (non-hydrogen) atoms. The number of ether oxygens (including phenoxy) is 1. The number of rotatable bonds is 7. The molecule has 0 saturated heterocycles. The summed E-state index contributed by atoms with van der Waals surface area (Å²) in [4.78, 5) is 0. The summed E-state index contributed by atoms with van der Waals surface area (Å²) in [6, 6.07) is 0. The number of nitrogens with one attached hydrogen (secondary N) is 1. The zero-order valence-corrected chi connectivity index (χ0v) is 10.4. The summed E-state index contributed by atoms with van der Waals surface area (Å²) in [6.07, 6.45) is 2.26. The van der Waals surface area contributed by atoms with Crippen molar-refractivity contribution in [2.45, 2.75) is 39.3 Å². The van der Waals surface area contributed by atoms with Gasteiger partial charge < -0.3 is 10.1 Å². The number of aryl methyl sites for hydroxylation is 1. The molecule has 1 unspecified atom stereocenters. The van der Waals surface area contributed by atoms with Gasteiger partial charge in [0.2, 0.25) is 0 Å². The first kappa shape index (κ1) is 12.5. The molecule has 1 N–H and O–H groups in total. The van der Waals surface area contributed by atoms with E-state index in [2.05, 4.69) is 29.4 Å². The molecule has 86 valence electrons. The van der Waals surface area contributed by atoms with Crippen LogP contribution in [0.3, 0.4) is 0 Å². The zero-order chi connectivity index (χ0) is 11.1. The van der Waals surface area contributed by atoms with E-state index in [0.717, 1.165) is 35.9 Å². The molecule has 1 aromatic heterocycles. The van der Waals surface area contributed by atoms with Crippen LogP contribution in [0.5, 0.6) is 0 Å². The van der Waals surface area contributed by atoms with Crippen LogP contribution < -0.4 is 5.32 Å². The van der Waals surface area contributed by atoms with Crippen molar-refractivity contribution in [1.29, 1.82) is 0 Å². The van der Waals surface area contributed by atoms with Crippen LogP contribution in [0.4, 0.5) is 0 Å². The van der Waals surface area contributed by atoms with Crippen molar-refractivity contribution in [3.05, 3.63) is 10.0 Å². The highest BCUT2D eigenvalue weighted by Crippen LogP contribution is 2.12. The van der Waals surface area contributed by atoms with Crippen molar-refractivity contribution in [3.8, 4) is 0 Å². The smallest absolute Gasteiger partial charge is 0.131 e. The lowest BCUT2D eigenvalue weighted by Gasteiger charge is -2.06. The van der Waals surface area contributed by atoms with E-state index in [4.69, 9.17) is 4.74 Å². The summed E-state index contributed by atoms with van der Waals surface area (Å²) in [5, 5.41) is 13.7. The minimum Gasteiger partial charge on any atom is -0.382 e. The third-order valence-corrected chi connectivity index (χ3v) is 3.19. The van der Waals surface area contributed by atoms with Crippen molar-refractivity contribution < 1.29 is 4.74 Å². The minimum absolute atomic E-state index is 0.297. The fraction of sp³-hybridized carbons (Fsp3) is 0.800. The van der Waals surface area contributed by atoms with Gasteiger partial charge in [-0.05, 0) is 19.9 Å². The van der Waals surface area contributed by atoms with E-state index in [1.165, 1.54) is 0 Å². The Hall–Kier alpha value is -0.520. The number of aromatic nitrogens is 2. The number of methoxy groups -OCH3 is 1. The molecule has 1 rings (SSSR count). The van der Waals surface area contributed by atoms with Gasteiger partial charge in [-0.2, -0.15) is 0 Å². The summed E-state index contributed by atoms with van der Waals surface area (Å²) in [6.45, 7) is 5.95. The monoisotopic (exact) mass is 229 g/mol. The Morgan fingerprint density at radius 1 is 1.40 bits per heavy atom. The van der Waals surface area contributed by atoms with Crippen LogP contribution in [0.15, 0.2) is 0 Å². The molecule has 0 radical (unpaired) electrons. The first-order chi connectivity index (χ1) is 7.26. The summed E-state index contributed by atoms with van der Waals surface area (Å²) in [5.74, 6) is 0. The van der Waals surface area contributed by atoms with Crippen molar-refractivity contribution in [3.63, 3.8) is 0 Å². The maximum atomic E-state index is 5.19. The van der Waals surface area contributed by atoms with E-state index in [0.29, 0.717) is 6.10 Å². The Balaban J connectivity index is 2.32. The molecule has 0 aliphatic heterocycles. The lowest BCUT2D eigenvalue weighted by Crippen LogP contribution is -2.11. The van der Waals surface area contributed by atoms with Crippen molar-refractivity contribution in [2.75, 3.05) is 13.7 Å². The average Bonchev–Trinajstić information content (AvgIpc) is 2.71. The van der Waals surface area contributed by atoms with Gasteiger partial charge in [-0.15, -0.1) is 21.5 Å². The van der Waals surface area contributed by atoms with Crippen LogP contribution in [-0.4, -0.2) is 30.0 Å². The topological polar surface area (TPSA) is 47.0 Å². The standard InChI is InChI=1S/C10H19N3OS/c1-4-11-7-10-13-12-9(15-10)6-5-8(2)14-3/h8,11H,4-7H2,1-3H3. The van der Waals surface area contributed by atoms with Crippen LogP contribution in [0.1, 0.15) is 30.3 Å². The lowest BCUT2D eigenvalue weighted by molar-refractivity contribution is 0.111. The van der Waals surface area contributed by atoms with Crippen LogP contribution in [0, 0.1) is 0 Å². The van der Waals surface area contributed by atoms with Gasteiger partial charge in [0.15, 0.2) is 0 Å². The van der Waals surface area contributed by atoms with Gasteiger partial charge in [0.1, 0.15) is 10.0 Å². The second kappa shape index (κ2) is 6.87. The van der Waals surface area contributed by atoms with E-state index < -0.39 is 0 Å². The summed E-state index contributed by atoms with van der Waals surface area (Å²) in [5.41, 5.74) is 0. The maximum Gasteiger partial charge on any atom is 0.131 e. The fourth-order valence-electron chi connectivity index (χ4n) is 1.14. The fourth-order valence-corrected chi connectivity index (χ4v) is 1.97. The number of hydrogen-bond donors (Lipinski definition) is 1. The third kappa shape index (κ3) is 4.68. The Kier molecular flexibility index (Phi) is 5.75. The van der Waals surface area contributed by atoms with Crippen LogP contribution in [0.25, 0.3) is 0 Å².